The number of anilines is 1. The first-order valence-electron chi connectivity index (χ1n) is 6.13. The molecule has 0 aromatic heterocycles. The van der Waals surface area contributed by atoms with Crippen LogP contribution >= 0.6 is 27.5 Å². The molecule has 1 heterocycles. The van der Waals surface area contributed by atoms with Crippen molar-refractivity contribution in [2.24, 2.45) is 0 Å². The Balaban J connectivity index is 1.90. The molecule has 1 aliphatic rings. The quantitative estimate of drug-likeness (QED) is 0.919. The summed E-state index contributed by atoms with van der Waals surface area (Å²) in [7, 11) is 0. The van der Waals surface area contributed by atoms with Crippen molar-refractivity contribution in [3.05, 3.63) is 27.7 Å². The van der Waals surface area contributed by atoms with Gasteiger partial charge in [0.1, 0.15) is 0 Å². The van der Waals surface area contributed by atoms with Crippen LogP contribution in [0.4, 0.5) is 5.69 Å². The molecular formula is C13H16BrClN2O. The van der Waals surface area contributed by atoms with Crippen LogP contribution in [0.3, 0.4) is 0 Å². The summed E-state index contributed by atoms with van der Waals surface area (Å²) in [5.41, 5.74) is 0.788. The molecule has 1 N–H and O–H groups in total. The van der Waals surface area contributed by atoms with Gasteiger partial charge in [-0.15, -0.1) is 0 Å². The highest BCUT2D eigenvalue weighted by Gasteiger charge is 2.16. The minimum Gasteiger partial charge on any atom is -0.375 e. The molecular weight excluding hydrogens is 316 g/mol. The Morgan fingerprint density at radius 1 is 1.33 bits per heavy atom. The summed E-state index contributed by atoms with van der Waals surface area (Å²) >= 11 is 9.44. The number of halogens is 2. The Hall–Kier alpha value is -0.740. The van der Waals surface area contributed by atoms with Crippen LogP contribution in [0.25, 0.3) is 0 Å². The van der Waals surface area contributed by atoms with Gasteiger partial charge in [-0.25, -0.2) is 0 Å². The highest BCUT2D eigenvalue weighted by molar-refractivity contribution is 9.10. The van der Waals surface area contributed by atoms with Gasteiger partial charge in [0, 0.05) is 17.6 Å². The van der Waals surface area contributed by atoms with Crippen LogP contribution in [0.15, 0.2) is 22.7 Å². The molecule has 1 saturated heterocycles. The van der Waals surface area contributed by atoms with Crippen molar-refractivity contribution in [3.8, 4) is 0 Å². The molecule has 3 nitrogen and oxygen atoms in total. The summed E-state index contributed by atoms with van der Waals surface area (Å²) in [6.07, 6.45) is 3.46. The van der Waals surface area contributed by atoms with Gasteiger partial charge in [0.05, 0.1) is 17.3 Å². The second kappa shape index (κ2) is 6.43. The standard InChI is InChI=1S/C13H16BrClN2O/c14-10-4-5-11(15)12(8-10)16-9-13(18)17-6-2-1-3-7-17/h4-5,8,16H,1-3,6-7,9H2. The lowest BCUT2D eigenvalue weighted by Crippen LogP contribution is -2.39. The molecule has 98 valence electrons. The number of benzene rings is 1. The van der Waals surface area contributed by atoms with E-state index in [0.717, 1.165) is 36.1 Å². The molecule has 0 radical (unpaired) electrons. The number of piperidine rings is 1. The monoisotopic (exact) mass is 330 g/mol. The minimum atomic E-state index is 0.144. The number of amides is 1. The van der Waals surface area contributed by atoms with Gasteiger partial charge < -0.3 is 10.2 Å². The molecule has 1 aromatic rings. The zero-order chi connectivity index (χ0) is 13.0. The first-order chi connectivity index (χ1) is 8.66. The van der Waals surface area contributed by atoms with E-state index in [1.807, 2.05) is 17.0 Å². The maximum Gasteiger partial charge on any atom is 0.241 e. The Morgan fingerprint density at radius 2 is 2.06 bits per heavy atom. The first-order valence-corrected chi connectivity index (χ1v) is 7.30. The summed E-state index contributed by atoms with van der Waals surface area (Å²) < 4.78 is 0.944. The van der Waals surface area contributed by atoms with Crippen LogP contribution in [0.1, 0.15) is 19.3 Å². The molecule has 1 fully saturated rings. The van der Waals surface area contributed by atoms with Crippen LogP contribution in [0.2, 0.25) is 5.02 Å². The smallest absolute Gasteiger partial charge is 0.241 e. The average molecular weight is 332 g/mol. The van der Waals surface area contributed by atoms with Crippen molar-refractivity contribution in [3.63, 3.8) is 0 Å². The number of carbonyl (C=O) groups excluding carboxylic acids is 1. The minimum absolute atomic E-state index is 0.144. The molecule has 0 bridgehead atoms. The third-order valence-electron chi connectivity index (χ3n) is 3.07. The maximum atomic E-state index is 12.0. The molecule has 18 heavy (non-hydrogen) atoms. The molecule has 5 heteroatoms. The second-order valence-corrected chi connectivity index (χ2v) is 5.74. The lowest BCUT2D eigenvalue weighted by Gasteiger charge is -2.27. The van der Waals surface area contributed by atoms with E-state index < -0.39 is 0 Å². The van der Waals surface area contributed by atoms with E-state index in [4.69, 9.17) is 11.6 Å². The van der Waals surface area contributed by atoms with Crippen molar-refractivity contribution in [1.82, 2.24) is 4.90 Å². The van der Waals surface area contributed by atoms with Gasteiger partial charge in [-0.1, -0.05) is 27.5 Å². The number of hydrogen-bond acceptors (Lipinski definition) is 2. The molecule has 1 aromatic carbocycles. The predicted molar refractivity (Wildman–Crippen MR) is 78.1 cm³/mol. The molecule has 1 aliphatic heterocycles. The van der Waals surface area contributed by atoms with E-state index in [2.05, 4.69) is 21.2 Å². The van der Waals surface area contributed by atoms with E-state index >= 15 is 0 Å². The topological polar surface area (TPSA) is 32.3 Å². The summed E-state index contributed by atoms with van der Waals surface area (Å²) in [5.74, 6) is 0.144. The van der Waals surface area contributed by atoms with Crippen LogP contribution in [-0.4, -0.2) is 30.4 Å². The highest BCUT2D eigenvalue weighted by Crippen LogP contribution is 2.25. The predicted octanol–water partition coefficient (Wildman–Crippen LogP) is 3.53. The summed E-state index contributed by atoms with van der Waals surface area (Å²) in [5, 5.41) is 3.73. The largest absolute Gasteiger partial charge is 0.375 e. The lowest BCUT2D eigenvalue weighted by atomic mass is 10.1. The molecule has 1 amide bonds. The van der Waals surface area contributed by atoms with Gasteiger partial charge in [0.15, 0.2) is 0 Å². The van der Waals surface area contributed by atoms with Gasteiger partial charge in [-0.3, -0.25) is 4.79 Å². The van der Waals surface area contributed by atoms with Crippen molar-refractivity contribution in [2.75, 3.05) is 25.0 Å². The van der Waals surface area contributed by atoms with Crippen LogP contribution in [-0.2, 0) is 4.79 Å². The van der Waals surface area contributed by atoms with E-state index in [-0.39, 0.29) is 5.91 Å². The second-order valence-electron chi connectivity index (χ2n) is 4.42. The third kappa shape index (κ3) is 3.62. The maximum absolute atomic E-state index is 12.0. The molecule has 0 saturated carbocycles. The zero-order valence-corrected chi connectivity index (χ0v) is 12.4. The van der Waals surface area contributed by atoms with E-state index in [0.29, 0.717) is 11.6 Å². The normalized spacial score (nSPS) is 15.6. The van der Waals surface area contributed by atoms with E-state index in [1.54, 1.807) is 6.07 Å². The summed E-state index contributed by atoms with van der Waals surface area (Å²) in [6.45, 7) is 2.07. The number of carbonyl (C=O) groups is 1. The SMILES string of the molecule is O=C(CNc1cc(Br)ccc1Cl)N1CCCCC1. The number of nitrogens with one attached hydrogen (secondary N) is 1. The van der Waals surface area contributed by atoms with Crippen molar-refractivity contribution < 1.29 is 4.79 Å². The Kier molecular flexibility index (Phi) is 4.89. The molecule has 2 rings (SSSR count). The molecule has 0 unspecified atom stereocenters. The summed E-state index contributed by atoms with van der Waals surface area (Å²) in [6, 6.07) is 5.56. The average Bonchev–Trinajstić information content (AvgIpc) is 2.40. The first kappa shape index (κ1) is 13.7. The van der Waals surface area contributed by atoms with Gasteiger partial charge in [0.2, 0.25) is 5.91 Å². The Labute approximate surface area is 121 Å². The van der Waals surface area contributed by atoms with Crippen molar-refractivity contribution in [1.29, 1.82) is 0 Å². The molecule has 0 spiro atoms. The number of nitrogens with zero attached hydrogens (tertiary/aromatic N) is 1. The third-order valence-corrected chi connectivity index (χ3v) is 3.89. The van der Waals surface area contributed by atoms with Gasteiger partial charge >= 0.3 is 0 Å². The van der Waals surface area contributed by atoms with Crippen LogP contribution < -0.4 is 5.32 Å². The number of rotatable bonds is 3. The van der Waals surface area contributed by atoms with E-state index in [9.17, 15) is 4.79 Å². The Bertz CT molecular complexity index is 433. The molecule has 0 atom stereocenters. The van der Waals surface area contributed by atoms with Crippen molar-refractivity contribution >= 4 is 39.1 Å². The molecule has 0 aliphatic carbocycles. The van der Waals surface area contributed by atoms with Gasteiger partial charge in [-0.2, -0.15) is 0 Å². The highest BCUT2D eigenvalue weighted by atomic mass is 79.9. The number of hydrogen-bond donors (Lipinski definition) is 1. The fraction of sp³-hybridized carbons (Fsp3) is 0.462. The zero-order valence-electron chi connectivity index (χ0n) is 10.1. The van der Waals surface area contributed by atoms with Gasteiger partial charge in [-0.05, 0) is 37.5 Å². The van der Waals surface area contributed by atoms with Crippen LogP contribution in [0.5, 0.6) is 0 Å². The fourth-order valence-electron chi connectivity index (χ4n) is 2.06. The fourth-order valence-corrected chi connectivity index (χ4v) is 2.60. The van der Waals surface area contributed by atoms with Gasteiger partial charge in [0.25, 0.3) is 0 Å². The van der Waals surface area contributed by atoms with Crippen molar-refractivity contribution in [2.45, 2.75) is 19.3 Å². The number of likely N-dealkylation sites (tertiary alicyclic amines) is 1. The Morgan fingerprint density at radius 3 is 2.78 bits per heavy atom. The van der Waals surface area contributed by atoms with E-state index in [1.165, 1.54) is 6.42 Å². The lowest BCUT2D eigenvalue weighted by molar-refractivity contribution is -0.130. The summed E-state index contributed by atoms with van der Waals surface area (Å²) in [4.78, 5) is 13.9. The van der Waals surface area contributed by atoms with Crippen LogP contribution in [0, 0.1) is 0 Å².